The van der Waals surface area contributed by atoms with Crippen molar-refractivity contribution in [3.05, 3.63) is 17.8 Å². The van der Waals surface area contributed by atoms with Gasteiger partial charge in [-0.1, -0.05) is 19.3 Å². The van der Waals surface area contributed by atoms with E-state index in [1.54, 1.807) is 12.1 Å². The minimum Gasteiger partial charge on any atom is -0.464 e. The molecule has 1 aliphatic rings. The van der Waals surface area contributed by atoms with Crippen molar-refractivity contribution in [3.8, 4) is 0 Å². The Balaban J connectivity index is 2.07. The Labute approximate surface area is 112 Å². The number of aromatic nitrogens is 2. The summed E-state index contributed by atoms with van der Waals surface area (Å²) in [5, 5.41) is 20.6. The van der Waals surface area contributed by atoms with Crippen molar-refractivity contribution in [2.75, 3.05) is 19.0 Å². The SMILES string of the molecule is COC(=O)c1ccc(NC2(CO)CCCCC2)nn1. The number of carbonyl (C=O) groups excluding carboxylic acids is 1. The number of nitrogens with zero attached hydrogens (tertiary/aromatic N) is 2. The van der Waals surface area contributed by atoms with Gasteiger partial charge in [-0.25, -0.2) is 4.79 Å². The second-order valence-electron chi connectivity index (χ2n) is 4.92. The molecule has 1 saturated carbocycles. The van der Waals surface area contributed by atoms with Gasteiger partial charge < -0.3 is 15.2 Å². The first-order chi connectivity index (χ1) is 9.19. The zero-order valence-electron chi connectivity index (χ0n) is 11.1. The number of carbonyl (C=O) groups is 1. The maximum absolute atomic E-state index is 11.2. The molecular weight excluding hydrogens is 246 g/mol. The number of aliphatic hydroxyl groups is 1. The number of anilines is 1. The Morgan fingerprint density at radius 2 is 2.11 bits per heavy atom. The number of aliphatic hydroxyl groups excluding tert-OH is 1. The Bertz CT molecular complexity index is 427. The molecule has 0 amide bonds. The first-order valence-electron chi connectivity index (χ1n) is 6.50. The predicted molar refractivity (Wildman–Crippen MR) is 69.9 cm³/mol. The molecule has 1 aromatic rings. The molecular formula is C13H19N3O3. The number of nitrogens with one attached hydrogen (secondary N) is 1. The van der Waals surface area contributed by atoms with Gasteiger partial charge in [0.1, 0.15) is 5.82 Å². The van der Waals surface area contributed by atoms with Crippen LogP contribution in [0.5, 0.6) is 0 Å². The molecule has 1 aliphatic carbocycles. The van der Waals surface area contributed by atoms with Crippen LogP contribution in [0.3, 0.4) is 0 Å². The summed E-state index contributed by atoms with van der Waals surface area (Å²) in [6.45, 7) is 0.0768. The van der Waals surface area contributed by atoms with Crippen molar-refractivity contribution in [2.24, 2.45) is 0 Å². The van der Waals surface area contributed by atoms with E-state index in [4.69, 9.17) is 0 Å². The topological polar surface area (TPSA) is 84.3 Å². The molecule has 0 unspecified atom stereocenters. The third-order valence-electron chi connectivity index (χ3n) is 3.57. The van der Waals surface area contributed by atoms with E-state index in [0.29, 0.717) is 5.82 Å². The van der Waals surface area contributed by atoms with Crippen LogP contribution in [-0.4, -0.2) is 40.5 Å². The van der Waals surface area contributed by atoms with Crippen LogP contribution in [0, 0.1) is 0 Å². The van der Waals surface area contributed by atoms with E-state index < -0.39 is 5.97 Å². The van der Waals surface area contributed by atoms with Gasteiger partial charge in [0.25, 0.3) is 0 Å². The molecule has 6 heteroatoms. The molecule has 104 valence electrons. The summed E-state index contributed by atoms with van der Waals surface area (Å²) in [5.74, 6) is 0.0668. The fourth-order valence-electron chi connectivity index (χ4n) is 2.44. The van der Waals surface area contributed by atoms with E-state index in [1.165, 1.54) is 13.5 Å². The van der Waals surface area contributed by atoms with Crippen LogP contribution < -0.4 is 5.32 Å². The van der Waals surface area contributed by atoms with Crippen molar-refractivity contribution in [2.45, 2.75) is 37.6 Å². The molecule has 1 aromatic heterocycles. The second kappa shape index (κ2) is 5.97. The van der Waals surface area contributed by atoms with Gasteiger partial charge in [-0.2, -0.15) is 0 Å². The minimum absolute atomic E-state index is 0.0768. The molecule has 0 saturated heterocycles. The van der Waals surface area contributed by atoms with Gasteiger partial charge in [-0.05, 0) is 25.0 Å². The van der Waals surface area contributed by atoms with Gasteiger partial charge in [0.05, 0.1) is 19.3 Å². The quantitative estimate of drug-likeness (QED) is 0.800. The average molecular weight is 265 g/mol. The van der Waals surface area contributed by atoms with Crippen LogP contribution in [0.1, 0.15) is 42.6 Å². The monoisotopic (exact) mass is 265 g/mol. The van der Waals surface area contributed by atoms with Gasteiger partial charge in [-0.15, -0.1) is 10.2 Å². The third-order valence-corrected chi connectivity index (χ3v) is 3.57. The Kier molecular flexibility index (Phi) is 4.31. The van der Waals surface area contributed by atoms with Crippen LogP contribution >= 0.6 is 0 Å². The molecule has 0 aromatic carbocycles. The standard InChI is InChI=1S/C13H19N3O3/c1-19-12(18)10-5-6-11(16-15-10)14-13(9-17)7-3-2-4-8-13/h5-6,17H,2-4,7-9H2,1H3,(H,14,16). The highest BCUT2D eigenvalue weighted by Crippen LogP contribution is 2.30. The van der Waals surface area contributed by atoms with Crippen LogP contribution in [-0.2, 0) is 4.74 Å². The van der Waals surface area contributed by atoms with Crippen LogP contribution in [0.15, 0.2) is 12.1 Å². The van der Waals surface area contributed by atoms with Gasteiger partial charge in [0.2, 0.25) is 0 Å². The Hall–Kier alpha value is -1.69. The summed E-state index contributed by atoms with van der Waals surface area (Å²) in [4.78, 5) is 11.2. The van der Waals surface area contributed by atoms with Gasteiger partial charge in [0, 0.05) is 0 Å². The van der Waals surface area contributed by atoms with Crippen molar-refractivity contribution in [3.63, 3.8) is 0 Å². The van der Waals surface area contributed by atoms with Gasteiger partial charge >= 0.3 is 5.97 Å². The lowest BCUT2D eigenvalue weighted by molar-refractivity contribution is 0.0592. The number of esters is 1. The summed E-state index contributed by atoms with van der Waals surface area (Å²) in [5.41, 5.74) is -0.130. The molecule has 2 rings (SSSR count). The highest BCUT2D eigenvalue weighted by atomic mass is 16.5. The summed E-state index contributed by atoms with van der Waals surface area (Å²) >= 11 is 0. The molecule has 0 aliphatic heterocycles. The van der Waals surface area contributed by atoms with Crippen molar-refractivity contribution in [1.82, 2.24) is 10.2 Å². The molecule has 2 N–H and O–H groups in total. The molecule has 0 spiro atoms. The normalized spacial score (nSPS) is 17.8. The van der Waals surface area contributed by atoms with E-state index in [2.05, 4.69) is 20.3 Å². The van der Waals surface area contributed by atoms with Crippen molar-refractivity contribution in [1.29, 1.82) is 0 Å². The van der Waals surface area contributed by atoms with E-state index >= 15 is 0 Å². The predicted octanol–water partition coefficient (Wildman–Crippen LogP) is 1.37. The fourth-order valence-corrected chi connectivity index (χ4v) is 2.44. The van der Waals surface area contributed by atoms with Crippen molar-refractivity contribution < 1.29 is 14.6 Å². The third kappa shape index (κ3) is 3.20. The number of hydrogen-bond acceptors (Lipinski definition) is 6. The molecule has 0 atom stereocenters. The first kappa shape index (κ1) is 13.7. The lowest BCUT2D eigenvalue weighted by atomic mass is 9.82. The zero-order valence-corrected chi connectivity index (χ0v) is 11.1. The maximum Gasteiger partial charge on any atom is 0.358 e. The smallest absolute Gasteiger partial charge is 0.358 e. The first-order valence-corrected chi connectivity index (χ1v) is 6.50. The Morgan fingerprint density at radius 1 is 1.37 bits per heavy atom. The lowest BCUT2D eigenvalue weighted by Crippen LogP contribution is -2.44. The second-order valence-corrected chi connectivity index (χ2v) is 4.92. The molecule has 1 fully saturated rings. The van der Waals surface area contributed by atoms with Gasteiger partial charge in [-0.3, -0.25) is 0 Å². The van der Waals surface area contributed by atoms with Gasteiger partial charge in [0.15, 0.2) is 5.69 Å². The largest absolute Gasteiger partial charge is 0.464 e. The van der Waals surface area contributed by atoms with Crippen LogP contribution in [0.4, 0.5) is 5.82 Å². The Morgan fingerprint density at radius 3 is 2.63 bits per heavy atom. The highest BCUT2D eigenvalue weighted by molar-refractivity contribution is 5.86. The minimum atomic E-state index is -0.506. The molecule has 0 radical (unpaired) electrons. The van der Waals surface area contributed by atoms with Crippen LogP contribution in [0.2, 0.25) is 0 Å². The summed E-state index contributed by atoms with van der Waals surface area (Å²) in [6, 6.07) is 3.25. The van der Waals surface area contributed by atoms with Crippen molar-refractivity contribution >= 4 is 11.8 Å². The molecule has 19 heavy (non-hydrogen) atoms. The summed E-state index contributed by atoms with van der Waals surface area (Å²) < 4.78 is 4.57. The molecule has 6 nitrogen and oxygen atoms in total. The van der Waals surface area contributed by atoms with E-state index in [9.17, 15) is 9.90 Å². The lowest BCUT2D eigenvalue weighted by Gasteiger charge is -2.36. The summed E-state index contributed by atoms with van der Waals surface area (Å²) in [6.07, 6.45) is 5.24. The number of methoxy groups -OCH3 is 1. The van der Waals surface area contributed by atoms with E-state index in [1.807, 2.05) is 0 Å². The molecule has 1 heterocycles. The molecule has 0 bridgehead atoms. The maximum atomic E-state index is 11.2. The van der Waals surface area contributed by atoms with E-state index in [-0.39, 0.29) is 17.8 Å². The number of ether oxygens (including phenoxy) is 1. The highest BCUT2D eigenvalue weighted by Gasteiger charge is 2.31. The average Bonchev–Trinajstić information content (AvgIpc) is 2.48. The van der Waals surface area contributed by atoms with Crippen LogP contribution in [0.25, 0.3) is 0 Å². The number of rotatable bonds is 4. The van der Waals surface area contributed by atoms with E-state index in [0.717, 1.165) is 25.7 Å². The zero-order chi connectivity index (χ0) is 13.7. The summed E-state index contributed by atoms with van der Waals surface area (Å²) in [7, 11) is 1.30. The fraction of sp³-hybridized carbons (Fsp3) is 0.615. The number of hydrogen-bond donors (Lipinski definition) is 2.